The predicted octanol–water partition coefficient (Wildman–Crippen LogP) is 3.83. The van der Waals surface area contributed by atoms with Crippen molar-refractivity contribution in [2.45, 2.75) is 32.2 Å². The molecule has 3 nitrogen and oxygen atoms in total. The van der Waals surface area contributed by atoms with Crippen molar-refractivity contribution in [1.29, 1.82) is 0 Å². The van der Waals surface area contributed by atoms with Gasteiger partial charge < -0.3 is 0 Å². The number of aromatic nitrogens is 2. The largest absolute Gasteiger partial charge is 0.297 e. The van der Waals surface area contributed by atoms with E-state index in [1.807, 2.05) is 6.07 Å². The fourth-order valence-electron chi connectivity index (χ4n) is 3.36. The van der Waals surface area contributed by atoms with E-state index in [1.54, 1.807) is 11.3 Å². The maximum Gasteiger partial charge on any atom is 0.147 e. The Morgan fingerprint density at radius 3 is 2.38 bits per heavy atom. The molecule has 1 aliphatic carbocycles. The zero-order valence-electron chi connectivity index (χ0n) is 12.2. The Morgan fingerprint density at radius 1 is 0.952 bits per heavy atom. The lowest BCUT2D eigenvalue weighted by atomic mass is 9.92. The SMILES string of the molecule is c1ccc(-c2nnc(CN3CCC(C4CC4)CC3)s2)cc1. The number of hydrogen-bond donors (Lipinski definition) is 0. The molecule has 2 fully saturated rings. The van der Waals surface area contributed by atoms with Crippen LogP contribution in [0.25, 0.3) is 10.6 Å². The maximum atomic E-state index is 4.38. The molecule has 2 heterocycles. The van der Waals surface area contributed by atoms with Gasteiger partial charge in [0.25, 0.3) is 0 Å². The van der Waals surface area contributed by atoms with Crippen LogP contribution in [0.3, 0.4) is 0 Å². The summed E-state index contributed by atoms with van der Waals surface area (Å²) in [6.07, 6.45) is 5.74. The van der Waals surface area contributed by atoms with Crippen molar-refractivity contribution >= 4 is 11.3 Å². The summed E-state index contributed by atoms with van der Waals surface area (Å²) in [5.74, 6) is 2.08. The first-order chi connectivity index (χ1) is 10.4. The topological polar surface area (TPSA) is 29.0 Å². The van der Waals surface area contributed by atoms with Gasteiger partial charge in [0, 0.05) is 5.56 Å². The summed E-state index contributed by atoms with van der Waals surface area (Å²) in [4.78, 5) is 2.55. The van der Waals surface area contributed by atoms with Crippen molar-refractivity contribution in [3.05, 3.63) is 35.3 Å². The van der Waals surface area contributed by atoms with Gasteiger partial charge in [-0.05, 0) is 50.6 Å². The second kappa shape index (κ2) is 5.85. The highest BCUT2D eigenvalue weighted by Crippen LogP contribution is 2.41. The molecule has 1 saturated carbocycles. The molecule has 0 amide bonds. The first kappa shape index (κ1) is 13.4. The quantitative estimate of drug-likeness (QED) is 0.859. The Hall–Kier alpha value is -1.26. The molecule has 0 unspecified atom stereocenters. The summed E-state index contributed by atoms with van der Waals surface area (Å²) < 4.78 is 0. The molecule has 1 aromatic heterocycles. The van der Waals surface area contributed by atoms with E-state index in [0.29, 0.717) is 0 Å². The first-order valence-electron chi connectivity index (χ1n) is 7.98. The van der Waals surface area contributed by atoms with E-state index in [9.17, 15) is 0 Å². The van der Waals surface area contributed by atoms with Crippen molar-refractivity contribution in [1.82, 2.24) is 15.1 Å². The molecule has 1 saturated heterocycles. The van der Waals surface area contributed by atoms with E-state index in [4.69, 9.17) is 0 Å². The molecule has 0 atom stereocenters. The lowest BCUT2D eigenvalue weighted by Crippen LogP contribution is -2.33. The number of benzene rings is 1. The highest BCUT2D eigenvalue weighted by Gasteiger charge is 2.33. The molecule has 0 N–H and O–H groups in total. The van der Waals surface area contributed by atoms with Gasteiger partial charge in [-0.25, -0.2) is 0 Å². The summed E-state index contributed by atoms with van der Waals surface area (Å²) in [5, 5.41) is 10.9. The van der Waals surface area contributed by atoms with Crippen LogP contribution in [-0.2, 0) is 6.54 Å². The van der Waals surface area contributed by atoms with Crippen molar-refractivity contribution < 1.29 is 0 Å². The van der Waals surface area contributed by atoms with E-state index in [2.05, 4.69) is 39.4 Å². The second-order valence-corrected chi connectivity index (χ2v) is 7.38. The molecule has 2 aliphatic rings. The molecule has 2 aromatic rings. The minimum absolute atomic E-state index is 0.974. The van der Waals surface area contributed by atoms with Gasteiger partial charge in [0.05, 0.1) is 6.54 Å². The fraction of sp³-hybridized carbons (Fsp3) is 0.529. The van der Waals surface area contributed by atoms with Gasteiger partial charge in [-0.1, -0.05) is 41.7 Å². The van der Waals surface area contributed by atoms with Gasteiger partial charge in [0.2, 0.25) is 0 Å². The van der Waals surface area contributed by atoms with E-state index in [1.165, 1.54) is 44.3 Å². The van der Waals surface area contributed by atoms with E-state index >= 15 is 0 Å². The van der Waals surface area contributed by atoms with Crippen LogP contribution in [0.1, 0.15) is 30.7 Å². The van der Waals surface area contributed by atoms with Gasteiger partial charge in [-0.2, -0.15) is 0 Å². The minimum Gasteiger partial charge on any atom is -0.297 e. The van der Waals surface area contributed by atoms with Crippen LogP contribution in [0.15, 0.2) is 30.3 Å². The van der Waals surface area contributed by atoms with Gasteiger partial charge >= 0.3 is 0 Å². The maximum absolute atomic E-state index is 4.38. The average Bonchev–Trinajstić information content (AvgIpc) is 3.29. The third-order valence-electron chi connectivity index (χ3n) is 4.77. The minimum atomic E-state index is 0.974. The summed E-state index contributed by atoms with van der Waals surface area (Å²) in [6.45, 7) is 3.45. The summed E-state index contributed by atoms with van der Waals surface area (Å²) in [7, 11) is 0. The van der Waals surface area contributed by atoms with Crippen molar-refractivity contribution in [3.8, 4) is 10.6 Å². The monoisotopic (exact) mass is 299 g/mol. The third kappa shape index (κ3) is 3.16. The first-order valence-corrected chi connectivity index (χ1v) is 8.80. The molecular formula is C17H21N3S. The Balaban J connectivity index is 1.36. The van der Waals surface area contributed by atoms with Gasteiger partial charge in [-0.3, -0.25) is 4.90 Å². The molecule has 0 bridgehead atoms. The number of likely N-dealkylation sites (tertiary alicyclic amines) is 1. The van der Waals surface area contributed by atoms with E-state index < -0.39 is 0 Å². The molecule has 1 aliphatic heterocycles. The summed E-state index contributed by atoms with van der Waals surface area (Å²) >= 11 is 1.74. The van der Waals surface area contributed by atoms with E-state index in [-0.39, 0.29) is 0 Å². The lowest BCUT2D eigenvalue weighted by molar-refractivity contribution is 0.165. The fourth-order valence-corrected chi connectivity index (χ4v) is 4.24. The standard InChI is InChI=1S/C17H21N3S/c1-2-4-15(5-3-1)17-19-18-16(21-17)12-20-10-8-14(9-11-20)13-6-7-13/h1-5,13-14H,6-12H2. The number of hydrogen-bond acceptors (Lipinski definition) is 4. The van der Waals surface area contributed by atoms with Crippen LogP contribution >= 0.6 is 11.3 Å². The molecule has 4 heteroatoms. The Bertz CT molecular complexity index is 583. The van der Waals surface area contributed by atoms with Crippen LogP contribution in [0.5, 0.6) is 0 Å². The van der Waals surface area contributed by atoms with Crippen molar-refractivity contribution in [2.75, 3.05) is 13.1 Å². The highest BCUT2D eigenvalue weighted by atomic mass is 32.1. The number of rotatable bonds is 4. The zero-order chi connectivity index (χ0) is 14.1. The predicted molar refractivity (Wildman–Crippen MR) is 86.1 cm³/mol. The highest BCUT2D eigenvalue weighted by molar-refractivity contribution is 7.14. The molecule has 1 aromatic carbocycles. The molecule has 0 radical (unpaired) electrons. The smallest absolute Gasteiger partial charge is 0.147 e. The summed E-state index contributed by atoms with van der Waals surface area (Å²) in [5.41, 5.74) is 1.17. The Kier molecular flexibility index (Phi) is 3.74. The lowest BCUT2D eigenvalue weighted by Gasteiger charge is -2.31. The average molecular weight is 299 g/mol. The third-order valence-corrected chi connectivity index (χ3v) is 5.72. The molecular weight excluding hydrogens is 278 g/mol. The van der Waals surface area contributed by atoms with Gasteiger partial charge in [0.15, 0.2) is 0 Å². The van der Waals surface area contributed by atoms with Crippen LogP contribution in [0, 0.1) is 11.8 Å². The zero-order valence-corrected chi connectivity index (χ0v) is 13.1. The van der Waals surface area contributed by atoms with Crippen molar-refractivity contribution in [3.63, 3.8) is 0 Å². The van der Waals surface area contributed by atoms with Crippen LogP contribution in [0.2, 0.25) is 0 Å². The Morgan fingerprint density at radius 2 is 1.67 bits per heavy atom. The van der Waals surface area contributed by atoms with Gasteiger partial charge in [0.1, 0.15) is 10.0 Å². The molecule has 21 heavy (non-hydrogen) atoms. The molecule has 4 rings (SSSR count). The van der Waals surface area contributed by atoms with Crippen LogP contribution < -0.4 is 0 Å². The molecule has 0 spiro atoms. The number of nitrogens with zero attached hydrogens (tertiary/aromatic N) is 3. The normalized spacial score (nSPS) is 20.8. The van der Waals surface area contributed by atoms with E-state index in [0.717, 1.165) is 28.4 Å². The van der Waals surface area contributed by atoms with Gasteiger partial charge in [-0.15, -0.1) is 10.2 Å². The van der Waals surface area contributed by atoms with Crippen LogP contribution in [-0.4, -0.2) is 28.2 Å². The second-order valence-electron chi connectivity index (χ2n) is 6.32. The van der Waals surface area contributed by atoms with Crippen molar-refractivity contribution in [2.24, 2.45) is 11.8 Å². The van der Waals surface area contributed by atoms with Crippen LogP contribution in [0.4, 0.5) is 0 Å². The number of piperidine rings is 1. The Labute approximate surface area is 130 Å². The summed E-state index contributed by atoms with van der Waals surface area (Å²) in [6, 6.07) is 10.4. The molecule has 110 valence electrons.